The zero-order chi connectivity index (χ0) is 16.5. The second-order valence-electron chi connectivity index (χ2n) is 4.78. The highest BCUT2D eigenvalue weighted by Crippen LogP contribution is 2.13. The molecule has 1 aromatic carbocycles. The van der Waals surface area contributed by atoms with Crippen LogP contribution in [0.25, 0.3) is 0 Å². The Morgan fingerprint density at radius 2 is 1.96 bits per heavy atom. The molecule has 0 amide bonds. The Hall–Kier alpha value is -2.67. The van der Waals surface area contributed by atoms with Gasteiger partial charge in [0.15, 0.2) is 5.69 Å². The third-order valence-electron chi connectivity index (χ3n) is 3.03. The van der Waals surface area contributed by atoms with Gasteiger partial charge in [-0.05, 0) is 17.7 Å². The molecule has 2 N–H and O–H groups in total. The first-order valence-electron chi connectivity index (χ1n) is 7.19. The molecule has 122 valence electrons. The quantitative estimate of drug-likeness (QED) is 0.685. The monoisotopic (exact) mass is 317 g/mol. The second kappa shape index (κ2) is 8.70. The molecule has 2 aromatic rings. The second-order valence-corrected chi connectivity index (χ2v) is 4.78. The maximum atomic E-state index is 10.7. The van der Waals surface area contributed by atoms with Crippen LogP contribution in [-0.2, 0) is 11.3 Å². The molecule has 7 heteroatoms. The van der Waals surface area contributed by atoms with Crippen molar-refractivity contribution in [2.45, 2.75) is 13.0 Å². The normalized spacial score (nSPS) is 10.3. The molecule has 0 spiro atoms. The van der Waals surface area contributed by atoms with Crippen LogP contribution in [0.2, 0.25) is 0 Å². The lowest BCUT2D eigenvalue weighted by atomic mass is 10.2. The van der Waals surface area contributed by atoms with E-state index in [2.05, 4.69) is 15.3 Å². The van der Waals surface area contributed by atoms with Gasteiger partial charge in [0.2, 0.25) is 0 Å². The minimum absolute atomic E-state index is 0.0782. The number of methoxy groups -OCH3 is 1. The summed E-state index contributed by atoms with van der Waals surface area (Å²) in [5, 5.41) is 11.8. The number of carboxylic acid groups (broad SMARTS) is 1. The van der Waals surface area contributed by atoms with Crippen LogP contribution in [0.4, 0.5) is 5.82 Å². The summed E-state index contributed by atoms with van der Waals surface area (Å²) in [6, 6.07) is 7.72. The Morgan fingerprint density at radius 1 is 1.17 bits per heavy atom. The summed E-state index contributed by atoms with van der Waals surface area (Å²) in [6.07, 6.45) is 3.48. The molecular weight excluding hydrogens is 298 g/mol. The fraction of sp³-hybridized carbons (Fsp3) is 0.312. The van der Waals surface area contributed by atoms with E-state index in [4.69, 9.17) is 14.6 Å². The number of aromatic carboxylic acids is 1. The summed E-state index contributed by atoms with van der Waals surface area (Å²) >= 11 is 0. The maximum absolute atomic E-state index is 10.7. The van der Waals surface area contributed by atoms with E-state index in [1.807, 2.05) is 24.3 Å². The minimum atomic E-state index is -1.09. The highest BCUT2D eigenvalue weighted by molar-refractivity contribution is 5.84. The van der Waals surface area contributed by atoms with Crippen molar-refractivity contribution in [3.8, 4) is 5.75 Å². The van der Waals surface area contributed by atoms with Crippen molar-refractivity contribution in [3.63, 3.8) is 0 Å². The van der Waals surface area contributed by atoms with Gasteiger partial charge in [-0.3, -0.25) is 0 Å². The number of ether oxygens (including phenoxy) is 2. The van der Waals surface area contributed by atoms with Crippen molar-refractivity contribution in [1.29, 1.82) is 0 Å². The van der Waals surface area contributed by atoms with Gasteiger partial charge in [0.25, 0.3) is 0 Å². The zero-order valence-electron chi connectivity index (χ0n) is 12.9. The predicted molar refractivity (Wildman–Crippen MR) is 84.7 cm³/mol. The first-order chi connectivity index (χ1) is 11.2. The van der Waals surface area contributed by atoms with Crippen LogP contribution in [0, 0.1) is 0 Å². The van der Waals surface area contributed by atoms with Gasteiger partial charge < -0.3 is 19.9 Å². The summed E-state index contributed by atoms with van der Waals surface area (Å²) in [5.41, 5.74) is 0.976. The summed E-state index contributed by atoms with van der Waals surface area (Å²) < 4.78 is 10.5. The maximum Gasteiger partial charge on any atom is 0.356 e. The van der Waals surface area contributed by atoms with E-state index < -0.39 is 5.97 Å². The lowest BCUT2D eigenvalue weighted by Gasteiger charge is -2.08. The molecule has 7 nitrogen and oxygen atoms in total. The molecule has 0 aliphatic heterocycles. The van der Waals surface area contributed by atoms with Crippen LogP contribution in [0.3, 0.4) is 0 Å². The molecule has 0 atom stereocenters. The molecule has 0 saturated heterocycles. The Morgan fingerprint density at radius 3 is 2.57 bits per heavy atom. The first kappa shape index (κ1) is 16.7. The number of aromatic nitrogens is 2. The molecule has 0 radical (unpaired) electrons. The van der Waals surface area contributed by atoms with Crippen molar-refractivity contribution in [3.05, 3.63) is 47.9 Å². The topological polar surface area (TPSA) is 93.6 Å². The number of nitrogens with one attached hydrogen (secondary N) is 1. The third kappa shape index (κ3) is 5.55. The van der Waals surface area contributed by atoms with Crippen molar-refractivity contribution >= 4 is 11.8 Å². The number of nitrogens with zero attached hydrogens (tertiary/aromatic N) is 2. The number of rotatable bonds is 9. The number of hydrogen-bond donors (Lipinski definition) is 2. The highest BCUT2D eigenvalue weighted by atomic mass is 16.5. The molecule has 23 heavy (non-hydrogen) atoms. The van der Waals surface area contributed by atoms with Gasteiger partial charge >= 0.3 is 5.97 Å². The summed E-state index contributed by atoms with van der Waals surface area (Å²) in [7, 11) is 1.67. The number of anilines is 1. The number of benzene rings is 1. The summed E-state index contributed by atoms with van der Waals surface area (Å²) in [5.74, 6) is 0.246. The molecule has 0 fully saturated rings. The zero-order valence-corrected chi connectivity index (χ0v) is 12.9. The van der Waals surface area contributed by atoms with Crippen molar-refractivity contribution in [2.24, 2.45) is 0 Å². The van der Waals surface area contributed by atoms with Crippen LogP contribution in [-0.4, -0.2) is 41.4 Å². The fourth-order valence-corrected chi connectivity index (χ4v) is 1.82. The third-order valence-corrected chi connectivity index (χ3v) is 3.03. The van der Waals surface area contributed by atoms with Crippen molar-refractivity contribution in [1.82, 2.24) is 9.97 Å². The highest BCUT2D eigenvalue weighted by Gasteiger charge is 2.04. The van der Waals surface area contributed by atoms with Gasteiger partial charge in [0.05, 0.1) is 19.0 Å². The Balaban J connectivity index is 1.80. The lowest BCUT2D eigenvalue weighted by molar-refractivity contribution is 0.0690. The smallest absolute Gasteiger partial charge is 0.356 e. The Labute approximate surface area is 134 Å². The standard InChI is InChI=1S/C16H19N3O4/c1-22-7-2-8-23-13-5-3-12(4-6-13)9-18-15-11-17-14(10-19-15)16(20)21/h3-6,10-11H,2,7-9H2,1H3,(H,18,19)(H,20,21). The molecule has 0 unspecified atom stereocenters. The van der Waals surface area contributed by atoms with Crippen molar-refractivity contribution in [2.75, 3.05) is 25.6 Å². The molecular formula is C16H19N3O4. The molecule has 1 heterocycles. The van der Waals surface area contributed by atoms with E-state index >= 15 is 0 Å². The SMILES string of the molecule is COCCCOc1ccc(CNc2cnc(C(=O)O)cn2)cc1. The van der Waals surface area contributed by atoms with E-state index in [0.29, 0.717) is 25.6 Å². The van der Waals surface area contributed by atoms with Gasteiger partial charge in [-0.2, -0.15) is 0 Å². The lowest BCUT2D eigenvalue weighted by Crippen LogP contribution is -2.05. The number of carbonyl (C=O) groups is 1. The summed E-state index contributed by atoms with van der Waals surface area (Å²) in [6.45, 7) is 1.87. The van der Waals surface area contributed by atoms with Crippen LogP contribution >= 0.6 is 0 Å². The van der Waals surface area contributed by atoms with Crippen LogP contribution in [0.1, 0.15) is 22.5 Å². The predicted octanol–water partition coefficient (Wildman–Crippen LogP) is 2.20. The van der Waals surface area contributed by atoms with Gasteiger partial charge in [-0.1, -0.05) is 12.1 Å². The Kier molecular flexibility index (Phi) is 6.31. The molecule has 2 rings (SSSR count). The molecule has 0 aliphatic rings. The molecule has 0 aliphatic carbocycles. The van der Waals surface area contributed by atoms with Crippen LogP contribution in [0.15, 0.2) is 36.7 Å². The molecule has 0 bridgehead atoms. The average Bonchev–Trinajstić information content (AvgIpc) is 2.58. The van der Waals surface area contributed by atoms with Gasteiger partial charge in [-0.15, -0.1) is 0 Å². The van der Waals surface area contributed by atoms with E-state index in [0.717, 1.165) is 17.7 Å². The van der Waals surface area contributed by atoms with E-state index in [9.17, 15) is 4.79 Å². The average molecular weight is 317 g/mol. The van der Waals surface area contributed by atoms with Crippen LogP contribution in [0.5, 0.6) is 5.75 Å². The summed E-state index contributed by atoms with van der Waals surface area (Å²) in [4.78, 5) is 18.5. The van der Waals surface area contributed by atoms with Gasteiger partial charge in [-0.25, -0.2) is 14.8 Å². The Bertz CT molecular complexity index is 614. The van der Waals surface area contributed by atoms with E-state index in [1.165, 1.54) is 12.4 Å². The van der Waals surface area contributed by atoms with E-state index in [-0.39, 0.29) is 5.69 Å². The number of hydrogen-bond acceptors (Lipinski definition) is 6. The number of carboxylic acids is 1. The largest absolute Gasteiger partial charge is 0.494 e. The fourth-order valence-electron chi connectivity index (χ4n) is 1.82. The molecule has 0 saturated carbocycles. The van der Waals surface area contributed by atoms with Gasteiger partial charge in [0.1, 0.15) is 11.6 Å². The first-order valence-corrected chi connectivity index (χ1v) is 7.19. The van der Waals surface area contributed by atoms with Crippen LogP contribution < -0.4 is 10.1 Å². The van der Waals surface area contributed by atoms with Crippen molar-refractivity contribution < 1.29 is 19.4 Å². The van der Waals surface area contributed by atoms with Gasteiger partial charge in [0, 0.05) is 26.7 Å². The van der Waals surface area contributed by atoms with E-state index in [1.54, 1.807) is 7.11 Å². The molecule has 1 aromatic heterocycles. The minimum Gasteiger partial charge on any atom is -0.494 e.